The van der Waals surface area contributed by atoms with Gasteiger partial charge >= 0.3 is 6.09 Å². The van der Waals surface area contributed by atoms with Crippen molar-refractivity contribution in [3.63, 3.8) is 0 Å². The maximum Gasteiger partial charge on any atom is 0.405 e. The zero-order chi connectivity index (χ0) is 36.3. The monoisotopic (exact) mass is 708 g/mol. The lowest BCUT2D eigenvalue weighted by atomic mass is 9.88. The molecule has 2 fully saturated rings. The first-order chi connectivity index (χ1) is 25.4. The van der Waals surface area contributed by atoms with Gasteiger partial charge in [0.15, 0.2) is 0 Å². The molecular formula is C42H49FN4O5. The number of halogens is 1. The number of rotatable bonds is 14. The summed E-state index contributed by atoms with van der Waals surface area (Å²) in [5.41, 5.74) is 5.19. The normalized spacial score (nSPS) is 16.3. The predicted octanol–water partition coefficient (Wildman–Crippen LogP) is 6.71. The molecule has 4 aromatic carbocycles. The van der Waals surface area contributed by atoms with Crippen LogP contribution in [0.1, 0.15) is 36.5 Å². The number of carboxylic acid groups (broad SMARTS) is 1. The van der Waals surface area contributed by atoms with Crippen molar-refractivity contribution in [1.82, 2.24) is 20.0 Å². The van der Waals surface area contributed by atoms with Crippen molar-refractivity contribution in [1.29, 1.82) is 0 Å². The van der Waals surface area contributed by atoms with Crippen LogP contribution in [0.25, 0.3) is 11.1 Å². The number of hydrogen-bond acceptors (Lipinski definition) is 6. The van der Waals surface area contributed by atoms with Gasteiger partial charge in [-0.15, -0.1) is 0 Å². The second-order valence-electron chi connectivity index (χ2n) is 13.6. The SMILES string of the molecule is CCOc1cccc(F)c1CN1CCN(C(=O)[C@H](NC(=O)O)C2CCN(CCc3cc(OCc4ccccc4)ccc3-c3ccccc3)CC2)CC1. The van der Waals surface area contributed by atoms with Crippen LogP contribution in [0.5, 0.6) is 11.5 Å². The number of piperidine rings is 1. The van der Waals surface area contributed by atoms with Crippen LogP contribution in [0.4, 0.5) is 9.18 Å². The highest BCUT2D eigenvalue weighted by atomic mass is 19.1. The number of ether oxygens (including phenoxy) is 2. The van der Waals surface area contributed by atoms with Crippen LogP contribution in [0.2, 0.25) is 0 Å². The first-order valence-electron chi connectivity index (χ1n) is 18.4. The summed E-state index contributed by atoms with van der Waals surface area (Å²) >= 11 is 0. The third-order valence-corrected chi connectivity index (χ3v) is 10.2. The number of amides is 2. The first-order valence-corrected chi connectivity index (χ1v) is 18.4. The molecule has 0 spiro atoms. The molecule has 2 heterocycles. The van der Waals surface area contributed by atoms with Gasteiger partial charge in [-0.05, 0) is 91.7 Å². The van der Waals surface area contributed by atoms with Crippen molar-refractivity contribution in [2.75, 3.05) is 52.4 Å². The van der Waals surface area contributed by atoms with Gasteiger partial charge in [0.2, 0.25) is 5.91 Å². The number of piperazine rings is 1. The van der Waals surface area contributed by atoms with E-state index in [1.165, 1.54) is 17.2 Å². The average molecular weight is 709 g/mol. The molecule has 1 atom stereocenters. The van der Waals surface area contributed by atoms with Gasteiger partial charge in [0.05, 0.1) is 6.61 Å². The van der Waals surface area contributed by atoms with Crippen LogP contribution in [0.15, 0.2) is 97.1 Å². The summed E-state index contributed by atoms with van der Waals surface area (Å²) < 4.78 is 26.5. The molecular weight excluding hydrogens is 659 g/mol. The van der Waals surface area contributed by atoms with E-state index in [2.05, 4.69) is 63.6 Å². The van der Waals surface area contributed by atoms with Gasteiger partial charge in [0, 0.05) is 44.8 Å². The topological polar surface area (TPSA) is 94.6 Å². The molecule has 10 heteroatoms. The van der Waals surface area contributed by atoms with Gasteiger partial charge in [-0.3, -0.25) is 9.69 Å². The fraction of sp³-hybridized carbons (Fsp3) is 0.381. The van der Waals surface area contributed by atoms with Crippen LogP contribution in [0, 0.1) is 11.7 Å². The summed E-state index contributed by atoms with van der Waals surface area (Å²) in [5.74, 6) is 0.790. The zero-order valence-electron chi connectivity index (χ0n) is 29.9. The molecule has 0 bridgehead atoms. The van der Waals surface area contributed by atoms with Gasteiger partial charge < -0.3 is 29.7 Å². The molecule has 2 aliphatic rings. The molecule has 2 aliphatic heterocycles. The van der Waals surface area contributed by atoms with E-state index >= 15 is 0 Å². The minimum Gasteiger partial charge on any atom is -0.493 e. The minimum absolute atomic E-state index is 0.0976. The van der Waals surface area contributed by atoms with Crippen molar-refractivity contribution in [3.8, 4) is 22.6 Å². The van der Waals surface area contributed by atoms with Gasteiger partial charge in [-0.2, -0.15) is 0 Å². The fourth-order valence-electron chi connectivity index (χ4n) is 7.34. The van der Waals surface area contributed by atoms with Crippen molar-refractivity contribution in [2.24, 2.45) is 5.92 Å². The van der Waals surface area contributed by atoms with Gasteiger partial charge in [-0.25, -0.2) is 9.18 Å². The second kappa shape index (κ2) is 18.0. The molecule has 2 saturated heterocycles. The maximum atomic E-state index is 14.7. The molecule has 0 aromatic heterocycles. The lowest BCUT2D eigenvalue weighted by Gasteiger charge is -2.40. The summed E-state index contributed by atoms with van der Waals surface area (Å²) in [6.07, 6.45) is 1.08. The summed E-state index contributed by atoms with van der Waals surface area (Å²) in [4.78, 5) is 32.0. The van der Waals surface area contributed by atoms with E-state index in [4.69, 9.17) is 9.47 Å². The number of nitrogens with zero attached hydrogens (tertiary/aromatic N) is 3. The Bertz CT molecular complexity index is 1760. The van der Waals surface area contributed by atoms with Gasteiger partial charge in [0.25, 0.3) is 0 Å². The maximum absolute atomic E-state index is 14.7. The number of carbonyl (C=O) groups is 2. The molecule has 274 valence electrons. The third-order valence-electron chi connectivity index (χ3n) is 10.2. The van der Waals surface area contributed by atoms with Gasteiger partial charge in [0.1, 0.15) is 30.0 Å². The smallest absolute Gasteiger partial charge is 0.405 e. The quantitative estimate of drug-likeness (QED) is 0.151. The average Bonchev–Trinajstić information content (AvgIpc) is 3.18. The Morgan fingerprint density at radius 1 is 0.846 bits per heavy atom. The number of carbonyl (C=O) groups excluding carboxylic acids is 1. The highest BCUT2D eigenvalue weighted by Crippen LogP contribution is 2.30. The Labute approximate surface area is 305 Å². The Hall–Kier alpha value is -4.93. The molecule has 0 unspecified atom stereocenters. The molecule has 9 nitrogen and oxygen atoms in total. The Morgan fingerprint density at radius 2 is 1.56 bits per heavy atom. The van der Waals surface area contributed by atoms with E-state index in [0.29, 0.717) is 57.3 Å². The summed E-state index contributed by atoms with van der Waals surface area (Å²) in [6, 6.07) is 30.9. The second-order valence-corrected chi connectivity index (χ2v) is 13.6. The predicted molar refractivity (Wildman–Crippen MR) is 200 cm³/mol. The number of hydrogen-bond donors (Lipinski definition) is 2. The van der Waals surface area contributed by atoms with Crippen LogP contribution in [0.3, 0.4) is 0 Å². The Balaban J connectivity index is 1.04. The lowest BCUT2D eigenvalue weighted by Crippen LogP contribution is -2.58. The van der Waals surface area contributed by atoms with Crippen LogP contribution in [-0.2, 0) is 24.4 Å². The van der Waals surface area contributed by atoms with E-state index in [9.17, 15) is 19.1 Å². The summed E-state index contributed by atoms with van der Waals surface area (Å²) in [7, 11) is 0. The molecule has 0 saturated carbocycles. The number of benzene rings is 4. The van der Waals surface area contributed by atoms with Crippen molar-refractivity contribution >= 4 is 12.0 Å². The van der Waals surface area contributed by atoms with E-state index in [0.717, 1.165) is 55.8 Å². The highest BCUT2D eigenvalue weighted by Gasteiger charge is 2.36. The molecule has 6 rings (SSSR count). The van der Waals surface area contributed by atoms with Crippen molar-refractivity contribution in [2.45, 2.75) is 45.4 Å². The molecule has 2 amide bonds. The van der Waals surface area contributed by atoms with E-state index in [1.54, 1.807) is 17.0 Å². The molecule has 4 aromatic rings. The van der Waals surface area contributed by atoms with E-state index in [-0.39, 0.29) is 17.6 Å². The molecule has 52 heavy (non-hydrogen) atoms. The largest absolute Gasteiger partial charge is 0.493 e. The molecule has 2 N–H and O–H groups in total. The third kappa shape index (κ3) is 9.68. The van der Waals surface area contributed by atoms with Crippen molar-refractivity contribution in [3.05, 3.63) is 120 Å². The number of nitrogens with one attached hydrogen (secondary N) is 1. The fourth-order valence-corrected chi connectivity index (χ4v) is 7.34. The lowest BCUT2D eigenvalue weighted by molar-refractivity contribution is -0.137. The Kier molecular flexibility index (Phi) is 12.8. The van der Waals surface area contributed by atoms with E-state index in [1.807, 2.05) is 37.3 Å². The van der Waals surface area contributed by atoms with Crippen LogP contribution in [-0.4, -0.2) is 90.3 Å². The number of likely N-dealkylation sites (tertiary alicyclic amines) is 1. The zero-order valence-corrected chi connectivity index (χ0v) is 29.9. The Morgan fingerprint density at radius 3 is 2.25 bits per heavy atom. The summed E-state index contributed by atoms with van der Waals surface area (Å²) in [5, 5.41) is 12.3. The first kappa shape index (κ1) is 36.8. The van der Waals surface area contributed by atoms with Crippen LogP contribution < -0.4 is 14.8 Å². The van der Waals surface area contributed by atoms with Crippen LogP contribution >= 0.6 is 0 Å². The van der Waals surface area contributed by atoms with Gasteiger partial charge in [-0.1, -0.05) is 72.8 Å². The minimum atomic E-state index is -1.19. The van der Waals surface area contributed by atoms with Crippen molar-refractivity contribution < 1.29 is 28.6 Å². The highest BCUT2D eigenvalue weighted by molar-refractivity contribution is 5.85. The molecule has 0 aliphatic carbocycles. The summed E-state index contributed by atoms with van der Waals surface area (Å²) in [6.45, 7) is 7.63. The van der Waals surface area contributed by atoms with E-state index < -0.39 is 12.1 Å². The molecule has 0 radical (unpaired) electrons. The standard InChI is InChI=1S/C42H49FN4O5/c1-2-51-39-15-9-14-38(43)37(39)29-46-24-26-47(27-25-46)41(48)40(44-42(49)50)33-18-21-45(22-19-33)23-20-34-28-35(52-30-31-10-5-3-6-11-31)16-17-36(34)32-12-7-4-8-13-32/h3-17,28,33,40,44H,2,18-27,29-30H2,1H3,(H,49,50)/t40-/m1/s1.